The molecule has 172 valence electrons. The second-order valence-electron chi connectivity index (χ2n) is 9.06. The van der Waals surface area contributed by atoms with Crippen LogP contribution in [0.5, 0.6) is 0 Å². The quantitative estimate of drug-likeness (QED) is 0.384. The number of halogens is 1. The summed E-state index contributed by atoms with van der Waals surface area (Å²) in [6.07, 6.45) is 3.06. The fourth-order valence-electron chi connectivity index (χ4n) is 4.07. The van der Waals surface area contributed by atoms with Gasteiger partial charge in [0.1, 0.15) is 22.7 Å². The van der Waals surface area contributed by atoms with Gasteiger partial charge in [-0.1, -0.05) is 51.0 Å². The molecule has 1 amide bonds. The number of nitrogens with one attached hydrogen (secondary N) is 1. The van der Waals surface area contributed by atoms with Crippen molar-refractivity contribution in [3.8, 4) is 0 Å². The van der Waals surface area contributed by atoms with Crippen molar-refractivity contribution in [1.29, 1.82) is 0 Å². The van der Waals surface area contributed by atoms with Gasteiger partial charge in [-0.05, 0) is 49.1 Å². The molecule has 6 nitrogen and oxygen atoms in total. The Morgan fingerprint density at radius 2 is 1.70 bits per heavy atom. The Bertz CT molecular complexity index is 1280. The highest BCUT2D eigenvalue weighted by atomic mass is 19.1. The third-order valence-electron chi connectivity index (χ3n) is 5.87. The number of hydrogen-bond donors (Lipinski definition) is 2. The van der Waals surface area contributed by atoms with Gasteiger partial charge in [-0.2, -0.15) is 0 Å². The second-order valence-corrected chi connectivity index (χ2v) is 9.06. The largest absolute Gasteiger partial charge is 0.384 e. The molecule has 4 rings (SSSR count). The van der Waals surface area contributed by atoms with Crippen LogP contribution >= 0.6 is 0 Å². The molecular formula is C26H30FN5O. The first-order chi connectivity index (χ1) is 15.8. The standard InChI is InChI=1S/C26H30FN5O/c1-16(2)7-6-8-17(3)29-26(33)22-23-25(31-21-10-5-4-9-20(21)30-23)32(24(22)28)15-18-11-13-19(27)14-12-18/h4-5,9-14,16-17H,6-8,15,28H2,1-3H3,(H,29,33). The van der Waals surface area contributed by atoms with Crippen molar-refractivity contribution in [2.45, 2.75) is 52.6 Å². The van der Waals surface area contributed by atoms with Crippen molar-refractivity contribution in [2.75, 3.05) is 5.73 Å². The number of carbonyl (C=O) groups is 1. The minimum absolute atomic E-state index is 0.0135. The van der Waals surface area contributed by atoms with E-state index in [4.69, 9.17) is 15.7 Å². The Balaban J connectivity index is 1.73. The molecule has 0 saturated heterocycles. The van der Waals surface area contributed by atoms with E-state index in [2.05, 4.69) is 19.2 Å². The van der Waals surface area contributed by atoms with Crippen LogP contribution in [0.15, 0.2) is 48.5 Å². The number of para-hydroxylation sites is 2. The van der Waals surface area contributed by atoms with Crippen molar-refractivity contribution in [3.05, 3.63) is 65.5 Å². The molecular weight excluding hydrogens is 417 g/mol. The van der Waals surface area contributed by atoms with Gasteiger partial charge in [0.25, 0.3) is 5.91 Å². The lowest BCUT2D eigenvalue weighted by Crippen LogP contribution is -2.33. The number of nitrogen functional groups attached to an aromatic ring is 1. The molecule has 4 aromatic rings. The Morgan fingerprint density at radius 3 is 2.36 bits per heavy atom. The number of nitrogens with zero attached hydrogens (tertiary/aromatic N) is 3. The first kappa shape index (κ1) is 22.7. The Hall–Kier alpha value is -3.48. The van der Waals surface area contributed by atoms with Crippen LogP contribution < -0.4 is 11.1 Å². The highest BCUT2D eigenvalue weighted by molar-refractivity contribution is 6.10. The fourth-order valence-corrected chi connectivity index (χ4v) is 4.07. The van der Waals surface area contributed by atoms with Crippen LogP contribution in [0.3, 0.4) is 0 Å². The van der Waals surface area contributed by atoms with Gasteiger partial charge in [0.05, 0.1) is 17.6 Å². The third-order valence-corrected chi connectivity index (χ3v) is 5.87. The van der Waals surface area contributed by atoms with E-state index in [9.17, 15) is 9.18 Å². The molecule has 0 aliphatic rings. The minimum Gasteiger partial charge on any atom is -0.384 e. The van der Waals surface area contributed by atoms with Crippen molar-refractivity contribution in [1.82, 2.24) is 19.9 Å². The van der Waals surface area contributed by atoms with E-state index >= 15 is 0 Å². The van der Waals surface area contributed by atoms with Gasteiger partial charge in [0.15, 0.2) is 5.65 Å². The Kier molecular flexibility index (Phi) is 6.58. The second kappa shape index (κ2) is 9.57. The lowest BCUT2D eigenvalue weighted by Gasteiger charge is -2.14. The molecule has 0 fully saturated rings. The predicted molar refractivity (Wildman–Crippen MR) is 131 cm³/mol. The molecule has 3 N–H and O–H groups in total. The van der Waals surface area contributed by atoms with Crippen molar-refractivity contribution in [2.24, 2.45) is 5.92 Å². The summed E-state index contributed by atoms with van der Waals surface area (Å²) in [7, 11) is 0. The molecule has 0 aliphatic heterocycles. The summed E-state index contributed by atoms with van der Waals surface area (Å²) in [5.41, 5.74) is 10.1. The number of hydrogen-bond acceptors (Lipinski definition) is 4. The number of amides is 1. The number of aromatic nitrogens is 3. The molecule has 0 radical (unpaired) electrons. The Morgan fingerprint density at radius 1 is 1.03 bits per heavy atom. The highest BCUT2D eigenvalue weighted by Crippen LogP contribution is 2.29. The summed E-state index contributed by atoms with van der Waals surface area (Å²) in [5.74, 6) is 0.381. The van der Waals surface area contributed by atoms with E-state index in [-0.39, 0.29) is 17.8 Å². The van der Waals surface area contributed by atoms with Crippen LogP contribution in [-0.4, -0.2) is 26.5 Å². The lowest BCUT2D eigenvalue weighted by molar-refractivity contribution is 0.0940. The van der Waals surface area contributed by atoms with E-state index in [1.165, 1.54) is 12.1 Å². The molecule has 0 aliphatic carbocycles. The van der Waals surface area contributed by atoms with E-state index in [0.717, 1.165) is 30.3 Å². The summed E-state index contributed by atoms with van der Waals surface area (Å²) in [6, 6.07) is 13.8. The molecule has 33 heavy (non-hydrogen) atoms. The van der Waals surface area contributed by atoms with Gasteiger partial charge in [-0.25, -0.2) is 14.4 Å². The number of rotatable bonds is 8. The molecule has 2 aromatic heterocycles. The lowest BCUT2D eigenvalue weighted by atomic mass is 10.0. The molecule has 7 heteroatoms. The zero-order chi connectivity index (χ0) is 23.5. The number of nitrogens with two attached hydrogens (primary N) is 1. The van der Waals surface area contributed by atoms with E-state index in [0.29, 0.717) is 40.5 Å². The third kappa shape index (κ3) is 4.97. The van der Waals surface area contributed by atoms with Gasteiger partial charge < -0.3 is 15.6 Å². The molecule has 2 heterocycles. The van der Waals surface area contributed by atoms with Gasteiger partial charge in [0, 0.05) is 6.04 Å². The maximum atomic E-state index is 13.4. The molecule has 0 saturated carbocycles. The van der Waals surface area contributed by atoms with E-state index in [1.807, 2.05) is 31.2 Å². The number of fused-ring (bicyclic) bond motifs is 2. The Labute approximate surface area is 193 Å². The van der Waals surface area contributed by atoms with Crippen molar-refractivity contribution in [3.63, 3.8) is 0 Å². The molecule has 0 bridgehead atoms. The summed E-state index contributed by atoms with van der Waals surface area (Å²) in [5, 5.41) is 3.09. The maximum Gasteiger partial charge on any atom is 0.257 e. The zero-order valence-electron chi connectivity index (χ0n) is 19.3. The molecule has 1 unspecified atom stereocenters. The van der Waals surface area contributed by atoms with Crippen LogP contribution in [0.2, 0.25) is 0 Å². The van der Waals surface area contributed by atoms with Crippen molar-refractivity contribution >= 4 is 33.9 Å². The van der Waals surface area contributed by atoms with Crippen LogP contribution in [0, 0.1) is 11.7 Å². The first-order valence-corrected chi connectivity index (χ1v) is 11.4. The predicted octanol–water partition coefficient (Wildman–Crippen LogP) is 5.30. The van der Waals surface area contributed by atoms with Gasteiger partial charge >= 0.3 is 0 Å². The van der Waals surface area contributed by atoms with Crippen LogP contribution in [-0.2, 0) is 6.54 Å². The van der Waals surface area contributed by atoms with E-state index in [1.54, 1.807) is 16.7 Å². The highest BCUT2D eigenvalue weighted by Gasteiger charge is 2.25. The summed E-state index contributed by atoms with van der Waals surface area (Å²) in [4.78, 5) is 22.8. The summed E-state index contributed by atoms with van der Waals surface area (Å²) < 4.78 is 15.2. The first-order valence-electron chi connectivity index (χ1n) is 11.4. The molecule has 1 atom stereocenters. The smallest absolute Gasteiger partial charge is 0.257 e. The normalized spacial score (nSPS) is 12.5. The van der Waals surface area contributed by atoms with Gasteiger partial charge in [-0.3, -0.25) is 4.79 Å². The fraction of sp³-hybridized carbons (Fsp3) is 0.346. The topological polar surface area (TPSA) is 85.8 Å². The van der Waals surface area contributed by atoms with E-state index < -0.39 is 0 Å². The molecule has 0 spiro atoms. The maximum absolute atomic E-state index is 13.4. The monoisotopic (exact) mass is 447 g/mol. The average Bonchev–Trinajstić information content (AvgIpc) is 3.03. The van der Waals surface area contributed by atoms with Gasteiger partial charge in [0.2, 0.25) is 0 Å². The van der Waals surface area contributed by atoms with Crippen LogP contribution in [0.4, 0.5) is 10.2 Å². The molecule has 2 aromatic carbocycles. The number of carbonyl (C=O) groups excluding carboxylic acids is 1. The van der Waals surface area contributed by atoms with Crippen LogP contribution in [0.1, 0.15) is 56.0 Å². The number of anilines is 1. The summed E-state index contributed by atoms with van der Waals surface area (Å²) in [6.45, 7) is 6.76. The zero-order valence-corrected chi connectivity index (χ0v) is 19.3. The number of benzene rings is 2. The van der Waals surface area contributed by atoms with Crippen molar-refractivity contribution < 1.29 is 9.18 Å². The minimum atomic E-state index is -0.304. The van der Waals surface area contributed by atoms with Gasteiger partial charge in [-0.15, -0.1) is 0 Å². The average molecular weight is 448 g/mol. The SMILES string of the molecule is CC(C)CCCC(C)NC(=O)c1c(N)n(Cc2ccc(F)cc2)c2nc3ccccc3nc12. The van der Waals surface area contributed by atoms with Crippen LogP contribution in [0.25, 0.3) is 22.2 Å². The summed E-state index contributed by atoms with van der Waals surface area (Å²) >= 11 is 0.